The molecule has 2 aliphatic rings. The third-order valence-electron chi connectivity index (χ3n) is 11.8. The molecule has 0 radical (unpaired) electrons. The summed E-state index contributed by atoms with van der Waals surface area (Å²) < 4.78 is 6.27. The van der Waals surface area contributed by atoms with Gasteiger partial charge in [-0.1, -0.05) is 118 Å². The Kier molecular flexibility index (Phi) is 7.49. The second kappa shape index (κ2) is 12.8. The van der Waals surface area contributed by atoms with Crippen LogP contribution in [-0.2, 0) is 5.41 Å². The molecule has 0 N–H and O–H groups in total. The van der Waals surface area contributed by atoms with E-state index in [0.29, 0.717) is 0 Å². The number of rotatable bonds is 5. The fourth-order valence-electron chi connectivity index (χ4n) is 9.13. The van der Waals surface area contributed by atoms with E-state index in [4.69, 9.17) is 4.42 Å². The first kappa shape index (κ1) is 33.4. The molecule has 8 aromatic carbocycles. The average Bonchev–Trinajstić information content (AvgIpc) is 3.62. The minimum absolute atomic E-state index is 0.0417. The third-order valence-corrected chi connectivity index (χ3v) is 11.8. The van der Waals surface area contributed by atoms with Gasteiger partial charge in [0, 0.05) is 62.0 Å². The van der Waals surface area contributed by atoms with E-state index in [1.165, 1.54) is 44.7 Å². The number of para-hydroxylation sites is 4. The van der Waals surface area contributed by atoms with Crippen LogP contribution < -0.4 is 31.1 Å². The minimum Gasteiger partial charge on any atom is -0.456 e. The second-order valence-electron chi connectivity index (χ2n) is 16.2. The standard InChI is InChI=1S/C52H40BN3O/c1-52(2,3)35-25-27-38(28-26-35)56-47-23-14-22-46-51(47)53(43-20-11-12-21-45(43)55(46)37-17-8-5-9-18-37)44-31-29-40(34-48(44)56)54(36-15-6-4-7-16-36)39-30-32-50-42(33-39)41-19-10-13-24-49(41)57-50/h4-34H,1-3H3. The van der Waals surface area contributed by atoms with Gasteiger partial charge in [0.2, 0.25) is 0 Å². The highest BCUT2D eigenvalue weighted by Gasteiger charge is 2.43. The number of fused-ring (bicyclic) bond motifs is 7. The summed E-state index contributed by atoms with van der Waals surface area (Å²) in [6.07, 6.45) is 0. The van der Waals surface area contributed by atoms with Crippen molar-refractivity contribution in [3.05, 3.63) is 194 Å². The van der Waals surface area contributed by atoms with Gasteiger partial charge in [-0.15, -0.1) is 0 Å². The lowest BCUT2D eigenvalue weighted by Gasteiger charge is -2.44. The smallest absolute Gasteiger partial charge is 0.252 e. The van der Waals surface area contributed by atoms with Crippen LogP contribution in [0.4, 0.5) is 51.2 Å². The molecule has 0 unspecified atom stereocenters. The summed E-state index contributed by atoms with van der Waals surface area (Å²) in [5.41, 5.74) is 17.3. The van der Waals surface area contributed by atoms with E-state index < -0.39 is 0 Å². The van der Waals surface area contributed by atoms with Crippen molar-refractivity contribution in [1.82, 2.24) is 0 Å². The molecule has 0 aliphatic carbocycles. The van der Waals surface area contributed by atoms with E-state index in [1.54, 1.807) is 0 Å². The fourth-order valence-corrected chi connectivity index (χ4v) is 9.13. The van der Waals surface area contributed by atoms with E-state index in [1.807, 2.05) is 12.1 Å². The summed E-state index contributed by atoms with van der Waals surface area (Å²) in [5.74, 6) is 0. The lowest BCUT2D eigenvalue weighted by Crippen LogP contribution is -2.61. The summed E-state index contributed by atoms with van der Waals surface area (Å²) in [6.45, 7) is 6.88. The van der Waals surface area contributed by atoms with Gasteiger partial charge in [0.05, 0.1) is 0 Å². The Hall–Kier alpha value is -6.98. The van der Waals surface area contributed by atoms with Gasteiger partial charge < -0.3 is 19.1 Å². The molecule has 5 heteroatoms. The summed E-state index contributed by atoms with van der Waals surface area (Å²) in [4.78, 5) is 7.31. The molecule has 9 aromatic rings. The van der Waals surface area contributed by atoms with Crippen molar-refractivity contribution in [2.75, 3.05) is 14.7 Å². The zero-order valence-corrected chi connectivity index (χ0v) is 32.2. The first-order valence-corrected chi connectivity index (χ1v) is 19.8. The molecule has 2 aliphatic heterocycles. The van der Waals surface area contributed by atoms with Crippen molar-refractivity contribution < 1.29 is 4.42 Å². The Morgan fingerprint density at radius 3 is 1.79 bits per heavy atom. The maximum Gasteiger partial charge on any atom is 0.252 e. The van der Waals surface area contributed by atoms with Crippen molar-refractivity contribution in [3.8, 4) is 0 Å². The Labute approximate surface area is 333 Å². The Balaban J connectivity index is 1.16. The van der Waals surface area contributed by atoms with E-state index in [9.17, 15) is 0 Å². The lowest BCUT2D eigenvalue weighted by atomic mass is 9.33. The highest BCUT2D eigenvalue weighted by Crippen LogP contribution is 2.46. The second-order valence-corrected chi connectivity index (χ2v) is 16.2. The number of hydrogen-bond donors (Lipinski definition) is 0. The molecule has 1 aromatic heterocycles. The molecule has 0 saturated heterocycles. The highest BCUT2D eigenvalue weighted by molar-refractivity contribution is 7.00. The molecule has 3 heterocycles. The molecule has 0 amide bonds. The van der Waals surface area contributed by atoms with Crippen LogP contribution in [0.2, 0.25) is 0 Å². The molecular weight excluding hydrogens is 693 g/mol. The van der Waals surface area contributed by atoms with Crippen molar-refractivity contribution in [3.63, 3.8) is 0 Å². The maximum absolute atomic E-state index is 6.27. The van der Waals surface area contributed by atoms with E-state index in [-0.39, 0.29) is 12.1 Å². The van der Waals surface area contributed by atoms with Gasteiger partial charge in [-0.2, -0.15) is 0 Å². The van der Waals surface area contributed by atoms with Crippen LogP contribution in [0.5, 0.6) is 0 Å². The van der Waals surface area contributed by atoms with Crippen LogP contribution in [0.3, 0.4) is 0 Å². The summed E-state index contributed by atoms with van der Waals surface area (Å²) in [5, 5.41) is 2.22. The largest absolute Gasteiger partial charge is 0.456 e. The zero-order valence-electron chi connectivity index (χ0n) is 32.2. The third kappa shape index (κ3) is 5.30. The molecule has 4 nitrogen and oxygen atoms in total. The highest BCUT2D eigenvalue weighted by atomic mass is 16.3. The van der Waals surface area contributed by atoms with Gasteiger partial charge in [-0.25, -0.2) is 0 Å². The van der Waals surface area contributed by atoms with Crippen LogP contribution in [0.15, 0.2) is 192 Å². The molecule has 0 bridgehead atoms. The first-order valence-electron chi connectivity index (χ1n) is 19.8. The summed E-state index contributed by atoms with van der Waals surface area (Å²) in [6, 6.07) is 68.4. The van der Waals surface area contributed by atoms with Crippen LogP contribution in [0.25, 0.3) is 21.9 Å². The molecule has 11 rings (SSSR count). The molecule has 57 heavy (non-hydrogen) atoms. The predicted molar refractivity (Wildman–Crippen MR) is 241 cm³/mol. The molecule has 0 fully saturated rings. The van der Waals surface area contributed by atoms with Gasteiger partial charge >= 0.3 is 0 Å². The molecule has 0 spiro atoms. The molecule has 272 valence electrons. The number of benzene rings is 8. The monoisotopic (exact) mass is 733 g/mol. The molecule has 0 atom stereocenters. The Bertz CT molecular complexity index is 2970. The first-order chi connectivity index (χ1) is 27.9. The minimum atomic E-state index is 0.0417. The van der Waals surface area contributed by atoms with Gasteiger partial charge in [0.15, 0.2) is 0 Å². The van der Waals surface area contributed by atoms with Crippen LogP contribution >= 0.6 is 0 Å². The number of furan rings is 1. The Morgan fingerprint density at radius 1 is 0.439 bits per heavy atom. The quantitative estimate of drug-likeness (QED) is 0.164. The number of hydrogen-bond acceptors (Lipinski definition) is 4. The fraction of sp³-hybridized carbons (Fsp3) is 0.0769. The lowest BCUT2D eigenvalue weighted by molar-refractivity contribution is 0.590. The van der Waals surface area contributed by atoms with Crippen molar-refractivity contribution in [2.45, 2.75) is 26.2 Å². The van der Waals surface area contributed by atoms with Crippen LogP contribution in [0, 0.1) is 0 Å². The van der Waals surface area contributed by atoms with E-state index in [0.717, 1.165) is 50.4 Å². The molecule has 0 saturated carbocycles. The summed E-state index contributed by atoms with van der Waals surface area (Å²) in [7, 11) is 0. The molecular formula is C52H40BN3O. The van der Waals surface area contributed by atoms with E-state index in [2.05, 4.69) is 211 Å². The SMILES string of the molecule is CC(C)(C)c1ccc(N2c3cc(N(c4ccccc4)c4ccc5oc6ccccc6c5c4)ccc3B3c4ccccc4N(c4ccccc4)c4cccc2c43)cc1. The summed E-state index contributed by atoms with van der Waals surface area (Å²) >= 11 is 0. The van der Waals surface area contributed by atoms with Gasteiger partial charge in [-0.3, -0.25) is 0 Å². The van der Waals surface area contributed by atoms with Crippen LogP contribution in [0.1, 0.15) is 26.3 Å². The van der Waals surface area contributed by atoms with E-state index >= 15 is 0 Å². The number of nitrogens with zero attached hydrogens (tertiary/aromatic N) is 3. The van der Waals surface area contributed by atoms with Crippen molar-refractivity contribution in [1.29, 1.82) is 0 Å². The van der Waals surface area contributed by atoms with Gasteiger partial charge in [-0.05, 0) is 118 Å². The van der Waals surface area contributed by atoms with Crippen LogP contribution in [-0.4, -0.2) is 6.71 Å². The Morgan fingerprint density at radius 2 is 1.02 bits per heavy atom. The number of anilines is 9. The van der Waals surface area contributed by atoms with Gasteiger partial charge in [0.25, 0.3) is 6.71 Å². The van der Waals surface area contributed by atoms with Gasteiger partial charge in [0.1, 0.15) is 11.2 Å². The zero-order chi connectivity index (χ0) is 38.3. The average molecular weight is 734 g/mol. The predicted octanol–water partition coefficient (Wildman–Crippen LogP) is 12.4. The normalized spacial score (nSPS) is 13.1. The maximum atomic E-state index is 6.27. The topological polar surface area (TPSA) is 22.9 Å². The van der Waals surface area contributed by atoms with Crippen molar-refractivity contribution in [2.24, 2.45) is 0 Å². The van der Waals surface area contributed by atoms with Crippen molar-refractivity contribution >= 4 is 96.2 Å².